The van der Waals surface area contributed by atoms with Gasteiger partial charge in [-0.3, -0.25) is 19.1 Å². The Hall–Kier alpha value is -2.28. The second kappa shape index (κ2) is 5.15. The first-order valence-corrected chi connectivity index (χ1v) is 5.80. The van der Waals surface area contributed by atoms with E-state index in [1.165, 1.54) is 33.7 Å². The Morgan fingerprint density at radius 2 is 1.79 bits per heavy atom. The molecule has 19 heavy (non-hydrogen) atoms. The van der Waals surface area contributed by atoms with E-state index in [0.717, 1.165) is 0 Å². The van der Waals surface area contributed by atoms with Gasteiger partial charge in [0, 0.05) is 37.2 Å². The molecule has 0 radical (unpaired) electrons. The Morgan fingerprint density at radius 3 is 2.53 bits per heavy atom. The first-order valence-electron chi connectivity index (χ1n) is 5.42. The smallest absolute Gasteiger partial charge is 0.328 e. The largest absolute Gasteiger partial charge is 0.398 e. The predicted octanol–water partition coefficient (Wildman–Crippen LogP) is -0.366. The molecule has 0 aliphatic carbocycles. The number of nitrogens with zero attached hydrogens (tertiary/aromatic N) is 2. The van der Waals surface area contributed by atoms with Crippen molar-refractivity contribution in [3.05, 3.63) is 60.7 Å². The Kier molecular flexibility index (Phi) is 3.57. The number of H-pyrrole nitrogens is 1. The van der Waals surface area contributed by atoms with Crippen LogP contribution in [0.1, 0.15) is 0 Å². The minimum absolute atomic E-state index is 0.0838. The van der Waals surface area contributed by atoms with Crippen LogP contribution < -0.4 is 22.5 Å². The van der Waals surface area contributed by atoms with Gasteiger partial charge in [0.25, 0.3) is 11.1 Å². The van der Waals surface area contributed by atoms with Crippen molar-refractivity contribution >= 4 is 17.3 Å². The fraction of sp³-hybridized carbons (Fsp3) is 0.182. The highest BCUT2D eigenvalue weighted by atomic mass is 35.5. The van der Waals surface area contributed by atoms with E-state index >= 15 is 0 Å². The second-order valence-corrected chi connectivity index (χ2v) is 4.33. The number of anilines is 1. The van der Waals surface area contributed by atoms with Crippen LogP contribution in [0, 0.1) is 0 Å². The second-order valence-electron chi connectivity index (χ2n) is 3.92. The number of halogens is 1. The number of rotatable bonds is 3. The van der Waals surface area contributed by atoms with E-state index in [0.29, 0.717) is 5.69 Å². The van der Waals surface area contributed by atoms with Crippen LogP contribution in [0.25, 0.3) is 0 Å². The number of pyridine rings is 1. The fourth-order valence-electron chi connectivity index (χ4n) is 1.59. The molecule has 0 aromatic carbocycles. The Labute approximate surface area is 111 Å². The monoisotopic (exact) mass is 282 g/mol. The molecule has 100 valence electrons. The minimum Gasteiger partial charge on any atom is -0.398 e. The summed E-state index contributed by atoms with van der Waals surface area (Å²) in [6.45, 7) is 0.435. The molecule has 7 nitrogen and oxygen atoms in total. The molecule has 0 fully saturated rings. The molecule has 0 spiro atoms. The summed E-state index contributed by atoms with van der Waals surface area (Å²) >= 11 is 5.63. The molecule has 0 saturated carbocycles. The van der Waals surface area contributed by atoms with Crippen molar-refractivity contribution in [1.29, 1.82) is 0 Å². The van der Waals surface area contributed by atoms with Crippen molar-refractivity contribution in [2.24, 2.45) is 0 Å². The molecule has 0 amide bonds. The molecule has 0 saturated heterocycles. The highest BCUT2D eigenvalue weighted by molar-refractivity contribution is 6.30. The van der Waals surface area contributed by atoms with Crippen molar-refractivity contribution in [3.8, 4) is 0 Å². The van der Waals surface area contributed by atoms with Crippen molar-refractivity contribution < 1.29 is 0 Å². The first-order chi connectivity index (χ1) is 8.97. The zero-order valence-electron chi connectivity index (χ0n) is 9.80. The van der Waals surface area contributed by atoms with Crippen LogP contribution in [0.15, 0.2) is 38.9 Å². The highest BCUT2D eigenvalue weighted by Crippen LogP contribution is 1.98. The van der Waals surface area contributed by atoms with Gasteiger partial charge in [-0.15, -0.1) is 0 Å². The summed E-state index contributed by atoms with van der Waals surface area (Å²) in [5, 5.41) is -0.0838. The topological polar surface area (TPSA) is 103 Å². The molecule has 3 N–H and O–H groups in total. The number of hydrogen-bond donors (Lipinski definition) is 2. The summed E-state index contributed by atoms with van der Waals surface area (Å²) in [6.07, 6.45) is 2.72. The predicted molar refractivity (Wildman–Crippen MR) is 71.4 cm³/mol. The molecule has 2 heterocycles. The molecule has 0 bridgehead atoms. The van der Waals surface area contributed by atoms with Crippen molar-refractivity contribution in [2.45, 2.75) is 13.1 Å². The molecule has 2 aromatic heterocycles. The SMILES string of the molecule is Nc1ccc(=O)n(CCn2cc(Cl)c(=O)[nH]c2=O)c1. The molecule has 0 aliphatic rings. The summed E-state index contributed by atoms with van der Waals surface area (Å²) in [5.41, 5.74) is 4.59. The summed E-state index contributed by atoms with van der Waals surface area (Å²) in [4.78, 5) is 36.2. The quantitative estimate of drug-likeness (QED) is 0.802. The van der Waals surface area contributed by atoms with Crippen molar-refractivity contribution in [2.75, 3.05) is 5.73 Å². The van der Waals surface area contributed by atoms with E-state index in [1.54, 1.807) is 0 Å². The van der Waals surface area contributed by atoms with E-state index in [2.05, 4.69) is 4.98 Å². The van der Waals surface area contributed by atoms with Crippen LogP contribution in [-0.4, -0.2) is 14.1 Å². The maximum atomic E-state index is 11.5. The van der Waals surface area contributed by atoms with Gasteiger partial charge in [-0.2, -0.15) is 0 Å². The van der Waals surface area contributed by atoms with Gasteiger partial charge in [-0.25, -0.2) is 4.79 Å². The van der Waals surface area contributed by atoms with Gasteiger partial charge in [-0.1, -0.05) is 11.6 Å². The van der Waals surface area contributed by atoms with Crippen LogP contribution in [-0.2, 0) is 13.1 Å². The Balaban J connectivity index is 2.26. The number of nitrogens with two attached hydrogens (primary N) is 1. The first kappa shape index (κ1) is 13.2. The number of nitrogens with one attached hydrogen (secondary N) is 1. The van der Waals surface area contributed by atoms with Crippen molar-refractivity contribution in [3.63, 3.8) is 0 Å². The molecular weight excluding hydrogens is 272 g/mol. The standard InChI is InChI=1S/C11H11ClN4O3/c12-8-6-16(11(19)14-10(8)18)4-3-15-5-7(13)1-2-9(15)17/h1-2,5-6H,3-4,13H2,(H,14,18,19). The third kappa shape index (κ3) is 2.94. The minimum atomic E-state index is -0.635. The molecule has 8 heteroatoms. The van der Waals surface area contributed by atoms with Gasteiger partial charge >= 0.3 is 5.69 Å². The zero-order valence-corrected chi connectivity index (χ0v) is 10.6. The zero-order chi connectivity index (χ0) is 14.0. The number of hydrogen-bond acceptors (Lipinski definition) is 4. The van der Waals surface area contributed by atoms with Crippen LogP contribution in [0.5, 0.6) is 0 Å². The Bertz CT molecular complexity index is 774. The van der Waals surface area contributed by atoms with Gasteiger partial charge in [0.05, 0.1) is 0 Å². The van der Waals surface area contributed by atoms with E-state index in [4.69, 9.17) is 17.3 Å². The molecule has 0 aliphatic heterocycles. The summed E-state index contributed by atoms with van der Waals surface area (Å²) < 4.78 is 2.60. The lowest BCUT2D eigenvalue weighted by Crippen LogP contribution is -2.32. The molecular formula is C11H11ClN4O3. The molecule has 0 unspecified atom stereocenters. The van der Waals surface area contributed by atoms with E-state index in [1.807, 2.05) is 0 Å². The van der Waals surface area contributed by atoms with Crippen LogP contribution in [0.4, 0.5) is 5.69 Å². The third-order valence-electron chi connectivity index (χ3n) is 2.56. The maximum absolute atomic E-state index is 11.5. The lowest BCUT2D eigenvalue weighted by Gasteiger charge is -2.08. The van der Waals surface area contributed by atoms with Gasteiger partial charge < -0.3 is 10.3 Å². The molecule has 2 rings (SSSR count). The number of aryl methyl sites for hydroxylation is 2. The van der Waals surface area contributed by atoms with Crippen LogP contribution in [0.3, 0.4) is 0 Å². The van der Waals surface area contributed by atoms with Gasteiger partial charge in [0.2, 0.25) is 0 Å². The van der Waals surface area contributed by atoms with Crippen LogP contribution in [0.2, 0.25) is 5.02 Å². The highest BCUT2D eigenvalue weighted by Gasteiger charge is 2.03. The average Bonchev–Trinajstić information content (AvgIpc) is 2.36. The Morgan fingerprint density at radius 1 is 1.11 bits per heavy atom. The van der Waals surface area contributed by atoms with Gasteiger partial charge in [0.15, 0.2) is 0 Å². The summed E-state index contributed by atoms with van der Waals surface area (Å²) in [5.74, 6) is 0. The molecule has 0 atom stereocenters. The van der Waals surface area contributed by atoms with E-state index < -0.39 is 11.2 Å². The third-order valence-corrected chi connectivity index (χ3v) is 2.82. The van der Waals surface area contributed by atoms with E-state index in [9.17, 15) is 14.4 Å². The van der Waals surface area contributed by atoms with Crippen LogP contribution >= 0.6 is 11.6 Å². The molecule has 2 aromatic rings. The van der Waals surface area contributed by atoms with Gasteiger partial charge in [-0.05, 0) is 6.07 Å². The summed E-state index contributed by atoms with van der Waals surface area (Å²) in [7, 11) is 0. The average molecular weight is 283 g/mol. The lowest BCUT2D eigenvalue weighted by molar-refractivity contribution is 0.543. The van der Waals surface area contributed by atoms with Gasteiger partial charge in [0.1, 0.15) is 5.02 Å². The number of nitrogen functional groups attached to an aromatic ring is 1. The van der Waals surface area contributed by atoms with E-state index in [-0.39, 0.29) is 23.7 Å². The number of aromatic nitrogens is 3. The number of aromatic amines is 1. The summed E-state index contributed by atoms with van der Waals surface area (Å²) in [6, 6.07) is 2.85. The fourth-order valence-corrected chi connectivity index (χ4v) is 1.75. The van der Waals surface area contributed by atoms with Crippen molar-refractivity contribution in [1.82, 2.24) is 14.1 Å². The lowest BCUT2D eigenvalue weighted by atomic mass is 10.4. The maximum Gasteiger partial charge on any atom is 0.328 e. The normalized spacial score (nSPS) is 10.6.